The van der Waals surface area contributed by atoms with Gasteiger partial charge in [-0.05, 0) is 43.0 Å². The highest BCUT2D eigenvalue weighted by molar-refractivity contribution is 6.35. The van der Waals surface area contributed by atoms with Crippen LogP contribution in [-0.2, 0) is 25.5 Å². The summed E-state index contributed by atoms with van der Waals surface area (Å²) in [6.07, 6.45) is 3.91. The number of nitrogens with one attached hydrogen (secondary N) is 3. The van der Waals surface area contributed by atoms with Gasteiger partial charge >= 0.3 is 11.8 Å². The molecule has 0 saturated carbocycles. The molecule has 1 fully saturated rings. The lowest BCUT2D eigenvalue weighted by Crippen LogP contribution is -2.41. The van der Waals surface area contributed by atoms with Gasteiger partial charge in [0.25, 0.3) is 5.91 Å². The van der Waals surface area contributed by atoms with Crippen molar-refractivity contribution in [2.24, 2.45) is 5.10 Å². The third-order valence-corrected chi connectivity index (χ3v) is 5.04. The summed E-state index contributed by atoms with van der Waals surface area (Å²) >= 11 is 0. The molecule has 0 aliphatic carbocycles. The van der Waals surface area contributed by atoms with Crippen LogP contribution in [-0.4, -0.2) is 49.8 Å². The quantitative estimate of drug-likeness (QED) is 0.306. The number of anilines is 1. The van der Waals surface area contributed by atoms with Crippen LogP contribution in [0.3, 0.4) is 0 Å². The van der Waals surface area contributed by atoms with Gasteiger partial charge in [0.15, 0.2) is 6.61 Å². The van der Waals surface area contributed by atoms with Crippen molar-refractivity contribution in [3.05, 3.63) is 59.7 Å². The number of amides is 3. The van der Waals surface area contributed by atoms with Gasteiger partial charge in [-0.15, -0.1) is 0 Å². The molecule has 1 atom stereocenters. The minimum absolute atomic E-state index is 0.0538. The van der Waals surface area contributed by atoms with Crippen molar-refractivity contribution in [2.45, 2.75) is 32.3 Å². The van der Waals surface area contributed by atoms with Gasteiger partial charge < -0.3 is 20.1 Å². The van der Waals surface area contributed by atoms with Crippen LogP contribution in [0.25, 0.3) is 0 Å². The van der Waals surface area contributed by atoms with Crippen LogP contribution in [0, 0.1) is 0 Å². The summed E-state index contributed by atoms with van der Waals surface area (Å²) in [5.74, 6) is -1.54. The zero-order chi connectivity index (χ0) is 23.5. The standard InChI is InChI=1S/C24H28N4O5/c1-2-17-8-3-5-11-20(17)27-22(29)16-33-21-12-6-4-9-18(21)14-26-28-24(31)23(30)25-15-19-10-7-13-32-19/h3-6,8-9,11-12,14,19H,2,7,10,13,15-16H2,1H3,(H,25,30)(H,27,29)(H,28,31)/b26-14-/t19-/m0/s1. The Kier molecular flexibility index (Phi) is 8.96. The predicted molar refractivity (Wildman–Crippen MR) is 124 cm³/mol. The van der Waals surface area contributed by atoms with Gasteiger partial charge in [-0.1, -0.05) is 37.3 Å². The Labute approximate surface area is 192 Å². The number of ether oxygens (including phenoxy) is 2. The molecule has 3 N–H and O–H groups in total. The molecule has 0 bridgehead atoms. The van der Waals surface area contributed by atoms with Crippen molar-refractivity contribution in [3.63, 3.8) is 0 Å². The zero-order valence-corrected chi connectivity index (χ0v) is 18.5. The van der Waals surface area contributed by atoms with Crippen LogP contribution < -0.4 is 20.8 Å². The smallest absolute Gasteiger partial charge is 0.329 e. The second-order valence-corrected chi connectivity index (χ2v) is 7.43. The van der Waals surface area contributed by atoms with E-state index in [9.17, 15) is 14.4 Å². The van der Waals surface area contributed by atoms with Crippen molar-refractivity contribution < 1.29 is 23.9 Å². The number of hydrogen-bond donors (Lipinski definition) is 3. The van der Waals surface area contributed by atoms with Crippen LogP contribution in [0.1, 0.15) is 30.9 Å². The van der Waals surface area contributed by atoms with Gasteiger partial charge in [-0.3, -0.25) is 14.4 Å². The third kappa shape index (κ3) is 7.43. The van der Waals surface area contributed by atoms with E-state index in [-0.39, 0.29) is 25.2 Å². The molecule has 1 aliphatic heterocycles. The lowest BCUT2D eigenvalue weighted by atomic mass is 10.1. The Morgan fingerprint density at radius 1 is 1.12 bits per heavy atom. The molecule has 9 nitrogen and oxygen atoms in total. The molecular formula is C24H28N4O5. The monoisotopic (exact) mass is 452 g/mol. The molecule has 33 heavy (non-hydrogen) atoms. The molecule has 174 valence electrons. The summed E-state index contributed by atoms with van der Waals surface area (Å²) in [5, 5.41) is 9.20. The topological polar surface area (TPSA) is 118 Å². The fourth-order valence-electron chi connectivity index (χ4n) is 3.30. The molecule has 0 spiro atoms. The van der Waals surface area contributed by atoms with Gasteiger partial charge in [0.2, 0.25) is 0 Å². The van der Waals surface area contributed by atoms with E-state index in [2.05, 4.69) is 21.2 Å². The van der Waals surface area contributed by atoms with E-state index in [1.54, 1.807) is 24.3 Å². The molecule has 1 heterocycles. The van der Waals surface area contributed by atoms with E-state index < -0.39 is 11.8 Å². The number of carbonyl (C=O) groups is 3. The normalized spacial score (nSPS) is 15.2. The molecule has 9 heteroatoms. The number of hydrogen-bond acceptors (Lipinski definition) is 6. The van der Waals surface area contributed by atoms with E-state index in [0.717, 1.165) is 30.5 Å². The summed E-state index contributed by atoms with van der Waals surface area (Å²) in [7, 11) is 0. The molecule has 1 aliphatic rings. The van der Waals surface area contributed by atoms with Gasteiger partial charge in [0, 0.05) is 24.4 Å². The first-order chi connectivity index (χ1) is 16.1. The highest BCUT2D eigenvalue weighted by Gasteiger charge is 2.19. The Morgan fingerprint density at radius 3 is 2.70 bits per heavy atom. The minimum Gasteiger partial charge on any atom is -0.483 e. The van der Waals surface area contributed by atoms with E-state index in [1.165, 1.54) is 6.21 Å². The van der Waals surface area contributed by atoms with Crippen molar-refractivity contribution in [3.8, 4) is 5.75 Å². The largest absolute Gasteiger partial charge is 0.483 e. The summed E-state index contributed by atoms with van der Waals surface area (Å²) in [4.78, 5) is 36.1. The number of rotatable bonds is 9. The van der Waals surface area contributed by atoms with Crippen molar-refractivity contribution >= 4 is 29.6 Å². The molecule has 0 unspecified atom stereocenters. The van der Waals surface area contributed by atoms with Crippen LogP contribution in [0.2, 0.25) is 0 Å². The summed E-state index contributed by atoms with van der Waals surface area (Å²) in [6.45, 7) is 2.79. The molecule has 3 amide bonds. The number of benzene rings is 2. The van der Waals surface area contributed by atoms with Crippen LogP contribution >= 0.6 is 0 Å². The fourth-order valence-corrected chi connectivity index (χ4v) is 3.30. The Bertz CT molecular complexity index is 1000. The lowest BCUT2D eigenvalue weighted by Gasteiger charge is -2.11. The summed E-state index contributed by atoms with van der Waals surface area (Å²) < 4.78 is 11.0. The Hall–Kier alpha value is -3.72. The van der Waals surface area contributed by atoms with E-state index in [0.29, 0.717) is 17.9 Å². The number of aryl methyl sites for hydroxylation is 1. The first-order valence-corrected chi connectivity index (χ1v) is 10.9. The minimum atomic E-state index is -0.878. The maximum Gasteiger partial charge on any atom is 0.329 e. The Morgan fingerprint density at radius 2 is 1.91 bits per heavy atom. The van der Waals surface area contributed by atoms with Crippen LogP contribution in [0.15, 0.2) is 53.6 Å². The van der Waals surface area contributed by atoms with Crippen molar-refractivity contribution in [2.75, 3.05) is 25.1 Å². The first kappa shape index (κ1) is 23.9. The third-order valence-electron chi connectivity index (χ3n) is 5.04. The van der Waals surface area contributed by atoms with E-state index >= 15 is 0 Å². The van der Waals surface area contributed by atoms with E-state index in [1.807, 2.05) is 31.2 Å². The van der Waals surface area contributed by atoms with Gasteiger partial charge in [0.05, 0.1) is 12.3 Å². The molecule has 2 aromatic carbocycles. The number of para-hydroxylation sites is 2. The molecule has 2 aromatic rings. The number of nitrogens with zero attached hydrogens (tertiary/aromatic N) is 1. The van der Waals surface area contributed by atoms with Gasteiger partial charge in [-0.25, -0.2) is 5.43 Å². The molecule has 0 radical (unpaired) electrons. The fraction of sp³-hybridized carbons (Fsp3) is 0.333. The Balaban J connectivity index is 1.49. The molecule has 3 rings (SSSR count). The van der Waals surface area contributed by atoms with E-state index in [4.69, 9.17) is 9.47 Å². The van der Waals surface area contributed by atoms with Gasteiger partial charge in [0.1, 0.15) is 5.75 Å². The SMILES string of the molecule is CCc1ccccc1NC(=O)COc1ccccc1/C=N\NC(=O)C(=O)NC[C@@H]1CCCO1. The summed E-state index contributed by atoms with van der Waals surface area (Å²) in [5.41, 5.74) is 4.52. The summed E-state index contributed by atoms with van der Waals surface area (Å²) in [6, 6.07) is 14.5. The highest BCUT2D eigenvalue weighted by Crippen LogP contribution is 2.17. The number of hydrazone groups is 1. The maximum absolute atomic E-state index is 12.3. The molecule has 0 aromatic heterocycles. The maximum atomic E-state index is 12.3. The number of carbonyl (C=O) groups excluding carboxylic acids is 3. The van der Waals surface area contributed by atoms with Crippen molar-refractivity contribution in [1.82, 2.24) is 10.7 Å². The molecular weight excluding hydrogens is 424 g/mol. The average Bonchev–Trinajstić information content (AvgIpc) is 3.36. The highest BCUT2D eigenvalue weighted by atomic mass is 16.5. The van der Waals surface area contributed by atoms with Crippen molar-refractivity contribution in [1.29, 1.82) is 0 Å². The average molecular weight is 453 g/mol. The van der Waals surface area contributed by atoms with Crippen LogP contribution in [0.4, 0.5) is 5.69 Å². The van der Waals surface area contributed by atoms with Crippen LogP contribution in [0.5, 0.6) is 5.75 Å². The predicted octanol–water partition coefficient (Wildman–Crippen LogP) is 2.01. The lowest BCUT2D eigenvalue weighted by molar-refractivity contribution is -0.139. The van der Waals surface area contributed by atoms with Gasteiger partial charge in [-0.2, -0.15) is 5.10 Å². The second kappa shape index (κ2) is 12.4. The zero-order valence-electron chi connectivity index (χ0n) is 18.5. The second-order valence-electron chi connectivity index (χ2n) is 7.43. The first-order valence-electron chi connectivity index (χ1n) is 10.9. The molecule has 1 saturated heterocycles.